The normalized spacial score (nSPS) is 20.1. The molecular weight excluding hydrogens is 374 g/mol. The number of amides is 1. The van der Waals surface area contributed by atoms with Crippen LogP contribution < -0.4 is 0 Å². The van der Waals surface area contributed by atoms with E-state index in [2.05, 4.69) is 31.9 Å². The lowest BCUT2D eigenvalue weighted by molar-refractivity contribution is 0.0699. The molecule has 0 spiro atoms. The largest absolute Gasteiger partial charge is 0.507 e. The maximum Gasteiger partial charge on any atom is 0.257 e. The van der Waals surface area contributed by atoms with Gasteiger partial charge in [0, 0.05) is 22.4 Å². The Morgan fingerprint density at radius 3 is 2.84 bits per heavy atom. The molecule has 1 aliphatic rings. The summed E-state index contributed by atoms with van der Waals surface area (Å²) in [7, 11) is 0. The zero-order valence-corrected chi connectivity index (χ0v) is 13.8. The molecule has 1 aromatic rings. The summed E-state index contributed by atoms with van der Waals surface area (Å²) >= 11 is 6.78. The Morgan fingerprint density at radius 2 is 2.16 bits per heavy atom. The Labute approximate surface area is 130 Å². The Hall–Kier alpha value is -0.550. The van der Waals surface area contributed by atoms with Gasteiger partial charge in [0.25, 0.3) is 5.91 Å². The minimum atomic E-state index is -0.0728. The molecule has 104 valence electrons. The fourth-order valence-electron chi connectivity index (χ4n) is 2.45. The Kier molecular flexibility index (Phi) is 5.28. The zero-order valence-electron chi connectivity index (χ0n) is 10.6. The summed E-state index contributed by atoms with van der Waals surface area (Å²) in [5.74, 6) is -0.0340. The van der Waals surface area contributed by atoms with Crippen molar-refractivity contribution in [1.82, 2.24) is 4.90 Å². The highest BCUT2D eigenvalue weighted by molar-refractivity contribution is 9.10. The summed E-state index contributed by atoms with van der Waals surface area (Å²) < 4.78 is 0.773. The molecule has 5 heteroatoms. The fraction of sp³-hybridized carbons (Fsp3) is 0.500. The number of hydrogen-bond acceptors (Lipinski definition) is 2. The third kappa shape index (κ3) is 3.51. The number of phenols is 1. The average molecular weight is 391 g/mol. The van der Waals surface area contributed by atoms with Crippen molar-refractivity contribution in [2.75, 3.05) is 11.9 Å². The molecule has 0 radical (unpaired) electrons. The minimum Gasteiger partial charge on any atom is -0.507 e. The van der Waals surface area contributed by atoms with Gasteiger partial charge in [-0.05, 0) is 31.0 Å². The van der Waals surface area contributed by atoms with E-state index in [-0.39, 0.29) is 17.7 Å². The summed E-state index contributed by atoms with van der Waals surface area (Å²) in [6.45, 7) is 0.768. The molecule has 1 aromatic carbocycles. The van der Waals surface area contributed by atoms with Crippen molar-refractivity contribution in [2.45, 2.75) is 31.7 Å². The molecule has 1 fully saturated rings. The Bertz CT molecular complexity index is 465. The highest BCUT2D eigenvalue weighted by Crippen LogP contribution is 2.26. The number of phenolic OH excluding ortho intramolecular Hbond substituents is 1. The summed E-state index contributed by atoms with van der Waals surface area (Å²) in [6, 6.07) is 5.25. The third-order valence-electron chi connectivity index (χ3n) is 3.51. The van der Waals surface area contributed by atoms with Crippen molar-refractivity contribution in [2.24, 2.45) is 0 Å². The van der Waals surface area contributed by atoms with Crippen LogP contribution in [0.5, 0.6) is 5.75 Å². The van der Waals surface area contributed by atoms with Crippen molar-refractivity contribution in [1.29, 1.82) is 0 Å². The molecule has 1 aliphatic heterocycles. The quantitative estimate of drug-likeness (QED) is 0.777. The topological polar surface area (TPSA) is 40.5 Å². The number of rotatable bonds is 2. The third-order valence-corrected chi connectivity index (χ3v) is 4.75. The highest BCUT2D eigenvalue weighted by Gasteiger charge is 2.26. The number of halogens is 2. The molecule has 1 heterocycles. The summed E-state index contributed by atoms with van der Waals surface area (Å²) in [6.07, 6.45) is 4.38. The molecular formula is C14H17Br2NO2. The van der Waals surface area contributed by atoms with Gasteiger partial charge in [-0.25, -0.2) is 0 Å². The lowest BCUT2D eigenvalue weighted by Crippen LogP contribution is -2.41. The van der Waals surface area contributed by atoms with Gasteiger partial charge in [-0.15, -0.1) is 0 Å². The molecule has 1 unspecified atom stereocenters. The van der Waals surface area contributed by atoms with Gasteiger partial charge < -0.3 is 10.0 Å². The summed E-state index contributed by atoms with van der Waals surface area (Å²) in [4.78, 5) is 14.5. The van der Waals surface area contributed by atoms with Crippen LogP contribution in [0.15, 0.2) is 22.7 Å². The number of hydrogen-bond donors (Lipinski definition) is 1. The number of aromatic hydroxyl groups is 1. The monoisotopic (exact) mass is 389 g/mol. The molecule has 19 heavy (non-hydrogen) atoms. The average Bonchev–Trinajstić information content (AvgIpc) is 2.63. The van der Waals surface area contributed by atoms with Gasteiger partial charge >= 0.3 is 0 Å². The van der Waals surface area contributed by atoms with Crippen molar-refractivity contribution in [3.05, 3.63) is 28.2 Å². The first-order valence-corrected chi connectivity index (χ1v) is 8.40. The number of carbonyl (C=O) groups is 1. The number of likely N-dealkylation sites (tertiary alicyclic amines) is 1. The van der Waals surface area contributed by atoms with E-state index in [1.165, 1.54) is 6.42 Å². The van der Waals surface area contributed by atoms with Crippen molar-refractivity contribution >= 4 is 37.8 Å². The number of carbonyl (C=O) groups excluding carboxylic acids is 1. The standard InChI is InChI=1S/C14H17Br2NO2/c15-9-11-4-2-1-3-7-17(11)14(19)12-6-5-10(16)8-13(12)18/h5-6,8,11,18H,1-4,7,9H2. The highest BCUT2D eigenvalue weighted by atomic mass is 79.9. The molecule has 1 N–H and O–H groups in total. The van der Waals surface area contributed by atoms with Gasteiger partial charge in [0.05, 0.1) is 5.56 Å². The van der Waals surface area contributed by atoms with Crippen LogP contribution in [0.3, 0.4) is 0 Å². The van der Waals surface area contributed by atoms with Gasteiger partial charge in [-0.3, -0.25) is 4.79 Å². The molecule has 0 aliphatic carbocycles. The lowest BCUT2D eigenvalue weighted by atomic mass is 10.1. The second-order valence-electron chi connectivity index (χ2n) is 4.82. The first-order valence-electron chi connectivity index (χ1n) is 6.49. The van der Waals surface area contributed by atoms with Crippen LogP contribution in [-0.2, 0) is 0 Å². The van der Waals surface area contributed by atoms with Gasteiger partial charge in [0.1, 0.15) is 5.75 Å². The number of nitrogens with zero attached hydrogens (tertiary/aromatic N) is 1. The van der Waals surface area contributed by atoms with Crippen LogP contribution in [0.4, 0.5) is 0 Å². The van der Waals surface area contributed by atoms with E-state index in [0.717, 1.165) is 35.6 Å². The molecule has 0 aromatic heterocycles. The maximum absolute atomic E-state index is 12.6. The van der Waals surface area contributed by atoms with Crippen LogP contribution in [0.25, 0.3) is 0 Å². The molecule has 3 nitrogen and oxygen atoms in total. The first kappa shape index (κ1) is 14.9. The minimum absolute atomic E-state index is 0.0388. The van der Waals surface area contributed by atoms with Crippen LogP contribution in [-0.4, -0.2) is 33.8 Å². The zero-order chi connectivity index (χ0) is 13.8. The molecule has 2 rings (SSSR count). The van der Waals surface area contributed by atoms with Gasteiger partial charge in [-0.1, -0.05) is 44.7 Å². The molecule has 0 saturated carbocycles. The lowest BCUT2D eigenvalue weighted by Gasteiger charge is -2.29. The SMILES string of the molecule is O=C(c1ccc(Br)cc1O)N1CCCCCC1CBr. The van der Waals surface area contributed by atoms with Gasteiger partial charge in [0.15, 0.2) is 0 Å². The Balaban J connectivity index is 2.25. The predicted molar refractivity (Wildman–Crippen MR) is 82.9 cm³/mol. The Morgan fingerprint density at radius 1 is 1.37 bits per heavy atom. The summed E-state index contributed by atoms with van der Waals surface area (Å²) in [5, 5.41) is 10.7. The van der Waals surface area contributed by atoms with Gasteiger partial charge in [-0.2, -0.15) is 0 Å². The second kappa shape index (κ2) is 6.75. The maximum atomic E-state index is 12.6. The van der Waals surface area contributed by atoms with Crippen LogP contribution in [0, 0.1) is 0 Å². The van der Waals surface area contributed by atoms with E-state index in [1.807, 2.05) is 4.90 Å². The van der Waals surface area contributed by atoms with E-state index in [0.29, 0.717) is 5.56 Å². The van der Waals surface area contributed by atoms with Crippen molar-refractivity contribution < 1.29 is 9.90 Å². The first-order chi connectivity index (χ1) is 9.13. The smallest absolute Gasteiger partial charge is 0.257 e. The van der Waals surface area contributed by atoms with E-state index >= 15 is 0 Å². The van der Waals surface area contributed by atoms with E-state index in [9.17, 15) is 9.90 Å². The fourth-order valence-corrected chi connectivity index (χ4v) is 3.47. The van der Waals surface area contributed by atoms with E-state index < -0.39 is 0 Å². The van der Waals surface area contributed by atoms with Crippen molar-refractivity contribution in [3.8, 4) is 5.75 Å². The van der Waals surface area contributed by atoms with Crippen LogP contribution in [0.2, 0.25) is 0 Å². The summed E-state index contributed by atoms with van der Waals surface area (Å²) in [5.41, 5.74) is 0.385. The predicted octanol–water partition coefficient (Wildman–Crippen LogP) is 3.93. The van der Waals surface area contributed by atoms with Crippen LogP contribution in [0.1, 0.15) is 36.0 Å². The van der Waals surface area contributed by atoms with E-state index in [1.54, 1.807) is 18.2 Å². The molecule has 1 amide bonds. The van der Waals surface area contributed by atoms with Crippen LogP contribution >= 0.6 is 31.9 Å². The van der Waals surface area contributed by atoms with Crippen molar-refractivity contribution in [3.63, 3.8) is 0 Å². The molecule has 1 atom stereocenters. The number of alkyl halides is 1. The van der Waals surface area contributed by atoms with Gasteiger partial charge in [0.2, 0.25) is 0 Å². The second-order valence-corrected chi connectivity index (χ2v) is 6.38. The molecule has 0 bridgehead atoms. The van der Waals surface area contributed by atoms with E-state index in [4.69, 9.17) is 0 Å². The number of benzene rings is 1. The molecule has 1 saturated heterocycles.